The standard InChI is InChI=1S/C15H16ClN5O2/c1-3-20-9-17-7-10(20)8-21-13(6-16)18-11-4-5-12(15(22)23-2)19-14(11)21/h4-5,7,9H,3,6,8H2,1-2H3. The van der Waals surface area contributed by atoms with Crippen LogP contribution in [0.25, 0.3) is 11.2 Å². The van der Waals surface area contributed by atoms with Crippen molar-refractivity contribution in [2.45, 2.75) is 25.9 Å². The van der Waals surface area contributed by atoms with E-state index in [1.54, 1.807) is 24.7 Å². The van der Waals surface area contributed by atoms with Gasteiger partial charge in [-0.1, -0.05) is 0 Å². The number of hydrogen-bond acceptors (Lipinski definition) is 5. The van der Waals surface area contributed by atoms with E-state index in [-0.39, 0.29) is 11.6 Å². The number of methoxy groups -OCH3 is 1. The minimum absolute atomic E-state index is 0.242. The monoisotopic (exact) mass is 333 g/mol. The minimum Gasteiger partial charge on any atom is -0.464 e. The number of esters is 1. The maximum Gasteiger partial charge on any atom is 0.356 e. The Morgan fingerprint density at radius 3 is 2.87 bits per heavy atom. The summed E-state index contributed by atoms with van der Waals surface area (Å²) in [6.07, 6.45) is 3.58. The van der Waals surface area contributed by atoms with E-state index in [0.29, 0.717) is 23.5 Å². The van der Waals surface area contributed by atoms with Crippen LogP contribution in [-0.2, 0) is 23.7 Å². The van der Waals surface area contributed by atoms with Gasteiger partial charge in [0.1, 0.15) is 11.3 Å². The number of imidazole rings is 2. The first kappa shape index (κ1) is 15.5. The number of carbonyl (C=O) groups excluding carboxylic acids is 1. The molecule has 0 spiro atoms. The van der Waals surface area contributed by atoms with Crippen LogP contribution in [0.1, 0.15) is 28.9 Å². The molecule has 3 aromatic heterocycles. The van der Waals surface area contributed by atoms with Gasteiger partial charge in [-0.3, -0.25) is 0 Å². The lowest BCUT2D eigenvalue weighted by Gasteiger charge is -2.09. The number of rotatable bonds is 5. The number of hydrogen-bond donors (Lipinski definition) is 0. The molecule has 0 aliphatic rings. The van der Waals surface area contributed by atoms with Crippen molar-refractivity contribution in [1.29, 1.82) is 0 Å². The van der Waals surface area contributed by atoms with Gasteiger partial charge in [0, 0.05) is 12.7 Å². The van der Waals surface area contributed by atoms with E-state index in [4.69, 9.17) is 16.3 Å². The van der Waals surface area contributed by atoms with Crippen LogP contribution in [0.3, 0.4) is 0 Å². The molecule has 0 saturated carbocycles. The average Bonchev–Trinajstić information content (AvgIpc) is 3.18. The predicted molar refractivity (Wildman–Crippen MR) is 85.4 cm³/mol. The molecule has 120 valence electrons. The third-order valence-electron chi connectivity index (χ3n) is 3.64. The molecule has 0 unspecified atom stereocenters. The number of aryl methyl sites for hydroxylation is 1. The molecule has 3 rings (SSSR count). The molecule has 0 aliphatic heterocycles. The second-order valence-electron chi connectivity index (χ2n) is 4.95. The lowest BCUT2D eigenvalue weighted by atomic mass is 10.3. The third kappa shape index (κ3) is 2.79. The van der Waals surface area contributed by atoms with Gasteiger partial charge in [0.05, 0.1) is 31.6 Å². The Bertz CT molecular complexity index is 855. The second-order valence-corrected chi connectivity index (χ2v) is 5.22. The molecular formula is C15H16ClN5O2. The molecular weight excluding hydrogens is 318 g/mol. The summed E-state index contributed by atoms with van der Waals surface area (Å²) >= 11 is 6.02. The highest BCUT2D eigenvalue weighted by molar-refractivity contribution is 6.16. The van der Waals surface area contributed by atoms with Gasteiger partial charge in [-0.2, -0.15) is 0 Å². The maximum atomic E-state index is 11.7. The first-order valence-corrected chi connectivity index (χ1v) is 7.70. The number of halogens is 1. The van der Waals surface area contributed by atoms with Crippen LogP contribution >= 0.6 is 11.6 Å². The van der Waals surface area contributed by atoms with E-state index in [1.165, 1.54) is 7.11 Å². The zero-order chi connectivity index (χ0) is 16.4. The van der Waals surface area contributed by atoms with Crippen LogP contribution < -0.4 is 0 Å². The number of fused-ring (bicyclic) bond motifs is 1. The molecule has 0 bridgehead atoms. The molecule has 23 heavy (non-hydrogen) atoms. The van der Waals surface area contributed by atoms with E-state index >= 15 is 0 Å². The summed E-state index contributed by atoms with van der Waals surface area (Å²) in [5.41, 5.74) is 2.55. The van der Waals surface area contributed by atoms with E-state index in [1.807, 2.05) is 16.1 Å². The zero-order valence-electron chi connectivity index (χ0n) is 12.9. The quantitative estimate of drug-likeness (QED) is 0.528. The van der Waals surface area contributed by atoms with Crippen molar-refractivity contribution in [1.82, 2.24) is 24.1 Å². The second kappa shape index (κ2) is 6.37. The molecule has 0 amide bonds. The van der Waals surface area contributed by atoms with Crippen LogP contribution in [0.5, 0.6) is 0 Å². The molecule has 0 atom stereocenters. The van der Waals surface area contributed by atoms with Gasteiger partial charge < -0.3 is 13.9 Å². The fourth-order valence-corrected chi connectivity index (χ4v) is 2.67. The smallest absolute Gasteiger partial charge is 0.356 e. The van der Waals surface area contributed by atoms with Crippen molar-refractivity contribution < 1.29 is 9.53 Å². The Morgan fingerprint density at radius 2 is 2.17 bits per heavy atom. The Hall–Kier alpha value is -2.41. The fourth-order valence-electron chi connectivity index (χ4n) is 2.46. The zero-order valence-corrected chi connectivity index (χ0v) is 13.6. The van der Waals surface area contributed by atoms with Gasteiger partial charge in [-0.25, -0.2) is 19.7 Å². The lowest BCUT2D eigenvalue weighted by Crippen LogP contribution is -2.10. The maximum absolute atomic E-state index is 11.7. The summed E-state index contributed by atoms with van der Waals surface area (Å²) in [4.78, 5) is 24.7. The van der Waals surface area contributed by atoms with Gasteiger partial charge in [-0.15, -0.1) is 11.6 Å². The summed E-state index contributed by atoms with van der Waals surface area (Å²) in [7, 11) is 1.33. The van der Waals surface area contributed by atoms with Gasteiger partial charge in [-0.05, 0) is 19.1 Å². The third-order valence-corrected chi connectivity index (χ3v) is 3.88. The van der Waals surface area contributed by atoms with Crippen LogP contribution in [0.15, 0.2) is 24.7 Å². The highest BCUT2D eigenvalue weighted by atomic mass is 35.5. The summed E-state index contributed by atoms with van der Waals surface area (Å²) in [6.45, 7) is 3.40. The van der Waals surface area contributed by atoms with Gasteiger partial charge in [0.2, 0.25) is 0 Å². The number of carbonyl (C=O) groups is 1. The van der Waals surface area contributed by atoms with Crippen LogP contribution in [0.4, 0.5) is 0 Å². The molecule has 0 aromatic carbocycles. The predicted octanol–water partition coefficient (Wildman–Crippen LogP) is 2.22. The lowest BCUT2D eigenvalue weighted by molar-refractivity contribution is 0.0594. The fraction of sp³-hybridized carbons (Fsp3) is 0.333. The summed E-state index contributed by atoms with van der Waals surface area (Å²) in [5, 5.41) is 0. The number of pyridine rings is 1. The van der Waals surface area contributed by atoms with Crippen molar-refractivity contribution in [3.8, 4) is 0 Å². The van der Waals surface area contributed by atoms with Crippen LogP contribution in [-0.4, -0.2) is 37.2 Å². The van der Waals surface area contributed by atoms with Crippen molar-refractivity contribution in [2.75, 3.05) is 7.11 Å². The van der Waals surface area contributed by atoms with Gasteiger partial charge >= 0.3 is 5.97 Å². The number of nitrogens with zero attached hydrogens (tertiary/aromatic N) is 5. The molecule has 7 nitrogen and oxygen atoms in total. The van der Waals surface area contributed by atoms with Crippen molar-refractivity contribution in [3.63, 3.8) is 0 Å². The normalized spacial score (nSPS) is 11.1. The minimum atomic E-state index is -0.481. The molecule has 0 aliphatic carbocycles. The molecule has 3 aromatic rings. The largest absolute Gasteiger partial charge is 0.464 e. The molecule has 0 saturated heterocycles. The number of aromatic nitrogens is 5. The number of alkyl halides is 1. The van der Waals surface area contributed by atoms with E-state index < -0.39 is 5.97 Å². The van der Waals surface area contributed by atoms with E-state index in [9.17, 15) is 4.79 Å². The Labute approximate surface area is 137 Å². The highest BCUT2D eigenvalue weighted by Crippen LogP contribution is 2.19. The summed E-state index contributed by atoms with van der Waals surface area (Å²) in [6, 6.07) is 3.35. The highest BCUT2D eigenvalue weighted by Gasteiger charge is 2.16. The molecule has 3 heterocycles. The van der Waals surface area contributed by atoms with E-state index in [2.05, 4.69) is 15.0 Å². The van der Waals surface area contributed by atoms with Gasteiger partial charge in [0.15, 0.2) is 11.3 Å². The first-order valence-electron chi connectivity index (χ1n) is 7.17. The number of ether oxygens (including phenoxy) is 1. The Morgan fingerprint density at radius 1 is 1.35 bits per heavy atom. The molecule has 0 radical (unpaired) electrons. The van der Waals surface area contributed by atoms with Gasteiger partial charge in [0.25, 0.3) is 0 Å². The Balaban J connectivity index is 2.11. The topological polar surface area (TPSA) is 74.8 Å². The van der Waals surface area contributed by atoms with Crippen LogP contribution in [0, 0.1) is 0 Å². The van der Waals surface area contributed by atoms with Crippen molar-refractivity contribution in [3.05, 3.63) is 41.9 Å². The van der Waals surface area contributed by atoms with Crippen molar-refractivity contribution >= 4 is 28.7 Å². The molecule has 8 heteroatoms. The van der Waals surface area contributed by atoms with Crippen molar-refractivity contribution in [2.24, 2.45) is 0 Å². The van der Waals surface area contributed by atoms with E-state index in [0.717, 1.165) is 12.2 Å². The summed E-state index contributed by atoms with van der Waals surface area (Å²) < 4.78 is 8.67. The Kier molecular flexibility index (Phi) is 4.29. The first-order chi connectivity index (χ1) is 11.2. The summed E-state index contributed by atoms with van der Waals surface area (Å²) in [5.74, 6) is 0.468. The molecule has 0 fully saturated rings. The average molecular weight is 334 g/mol. The SMILES string of the molecule is CCn1cncc1Cn1c(CCl)nc2ccc(C(=O)OC)nc21. The van der Waals surface area contributed by atoms with Crippen LogP contribution in [0.2, 0.25) is 0 Å². The molecule has 0 N–H and O–H groups in total.